The summed E-state index contributed by atoms with van der Waals surface area (Å²) < 4.78 is 14.4. The van der Waals surface area contributed by atoms with Crippen molar-refractivity contribution < 1.29 is 33.6 Å². The van der Waals surface area contributed by atoms with Crippen molar-refractivity contribution in [3.8, 4) is 11.5 Å². The SMILES string of the molecule is COC(=O)c1cc(OC)c([N+](=O)[O-])cc1CBr.COc1cc2c(cc1[N+](=O)[O-])CN(C)C2=O. The predicted molar refractivity (Wildman–Crippen MR) is 119 cm³/mol. The zero-order chi connectivity index (χ0) is 24.9. The number of methoxy groups -OCH3 is 3. The number of esters is 1. The van der Waals surface area contributed by atoms with Gasteiger partial charge in [-0.15, -0.1) is 0 Å². The maximum atomic E-state index is 11.6. The van der Waals surface area contributed by atoms with E-state index in [1.807, 2.05) is 0 Å². The van der Waals surface area contributed by atoms with Crippen molar-refractivity contribution in [1.29, 1.82) is 0 Å². The molecule has 176 valence electrons. The molecule has 0 saturated heterocycles. The highest BCUT2D eigenvalue weighted by Gasteiger charge is 2.29. The summed E-state index contributed by atoms with van der Waals surface area (Å²) in [4.78, 5) is 45.1. The third-order valence-electron chi connectivity index (χ3n) is 4.74. The first kappa shape index (κ1) is 25.5. The van der Waals surface area contributed by atoms with Crippen molar-refractivity contribution >= 4 is 39.2 Å². The molecule has 12 nitrogen and oxygen atoms in total. The van der Waals surface area contributed by atoms with Crippen LogP contribution in [0, 0.1) is 20.2 Å². The Morgan fingerprint density at radius 2 is 1.58 bits per heavy atom. The van der Waals surface area contributed by atoms with Crippen LogP contribution in [0.4, 0.5) is 11.4 Å². The van der Waals surface area contributed by atoms with Gasteiger partial charge in [-0.3, -0.25) is 25.0 Å². The van der Waals surface area contributed by atoms with Gasteiger partial charge >= 0.3 is 17.3 Å². The molecule has 1 aliphatic heterocycles. The van der Waals surface area contributed by atoms with Crippen LogP contribution in [-0.4, -0.2) is 55.0 Å². The molecule has 0 fully saturated rings. The van der Waals surface area contributed by atoms with Crippen LogP contribution in [0.15, 0.2) is 24.3 Å². The fraction of sp³-hybridized carbons (Fsp3) is 0.300. The third kappa shape index (κ3) is 5.37. The number of rotatable bonds is 6. The third-order valence-corrected chi connectivity index (χ3v) is 5.34. The van der Waals surface area contributed by atoms with Gasteiger partial charge in [0.1, 0.15) is 0 Å². The summed E-state index contributed by atoms with van der Waals surface area (Å²) in [6, 6.07) is 5.43. The van der Waals surface area contributed by atoms with Gasteiger partial charge in [0.25, 0.3) is 5.91 Å². The number of hydrogen-bond acceptors (Lipinski definition) is 9. The zero-order valence-electron chi connectivity index (χ0n) is 18.1. The lowest BCUT2D eigenvalue weighted by molar-refractivity contribution is -0.385. The number of halogens is 1. The molecule has 0 aromatic heterocycles. The first-order valence-corrected chi connectivity index (χ1v) is 10.3. The van der Waals surface area contributed by atoms with Gasteiger partial charge in [-0.05, 0) is 11.1 Å². The van der Waals surface area contributed by atoms with Gasteiger partial charge in [-0.1, -0.05) is 15.9 Å². The van der Waals surface area contributed by atoms with Crippen molar-refractivity contribution in [3.05, 3.63) is 66.7 Å². The number of nitro benzene ring substituents is 2. The van der Waals surface area contributed by atoms with Crippen LogP contribution in [0.1, 0.15) is 31.8 Å². The Balaban J connectivity index is 0.000000234. The van der Waals surface area contributed by atoms with Gasteiger partial charge in [-0.25, -0.2) is 4.79 Å². The van der Waals surface area contributed by atoms with E-state index in [1.54, 1.807) is 7.05 Å². The summed E-state index contributed by atoms with van der Waals surface area (Å²) in [6.07, 6.45) is 0. The minimum atomic E-state index is -0.563. The van der Waals surface area contributed by atoms with E-state index >= 15 is 0 Å². The molecule has 0 N–H and O–H groups in total. The number of carbonyl (C=O) groups excluding carboxylic acids is 2. The van der Waals surface area contributed by atoms with Crippen LogP contribution in [-0.2, 0) is 16.6 Å². The second-order valence-corrected chi connectivity index (χ2v) is 7.22. The molecular weight excluding hydrogens is 506 g/mol. The van der Waals surface area contributed by atoms with E-state index in [-0.39, 0.29) is 34.3 Å². The van der Waals surface area contributed by atoms with Crippen LogP contribution < -0.4 is 9.47 Å². The Labute approximate surface area is 196 Å². The number of ether oxygens (including phenoxy) is 3. The van der Waals surface area contributed by atoms with Gasteiger partial charge in [0.2, 0.25) is 0 Å². The molecule has 2 aromatic carbocycles. The standard InChI is InChI=1S/C10H10BrNO5.C10H10N2O4/c1-16-9-4-7(10(13)17-2)6(5-11)3-8(9)12(14)15;1-11-5-6-3-8(12(14)15)9(16-2)4-7(6)10(11)13/h3-4H,5H2,1-2H3;3-4H,5H2,1-2H3. The van der Waals surface area contributed by atoms with E-state index in [0.717, 1.165) is 0 Å². The monoisotopic (exact) mass is 525 g/mol. The lowest BCUT2D eigenvalue weighted by atomic mass is 10.1. The number of benzene rings is 2. The van der Waals surface area contributed by atoms with Crippen molar-refractivity contribution in [3.63, 3.8) is 0 Å². The van der Waals surface area contributed by atoms with Crippen LogP contribution in [0.25, 0.3) is 0 Å². The molecule has 0 unspecified atom stereocenters. The molecule has 3 rings (SSSR count). The molecular formula is C20H20BrN3O9. The van der Waals surface area contributed by atoms with Crippen LogP contribution in [0.5, 0.6) is 11.5 Å². The molecule has 33 heavy (non-hydrogen) atoms. The summed E-state index contributed by atoms with van der Waals surface area (Å²) in [5.74, 6) is -0.552. The highest BCUT2D eigenvalue weighted by Crippen LogP contribution is 2.34. The minimum absolute atomic E-state index is 0.0279. The van der Waals surface area contributed by atoms with Crippen molar-refractivity contribution in [2.75, 3.05) is 28.4 Å². The average Bonchev–Trinajstić information content (AvgIpc) is 3.09. The first-order valence-electron chi connectivity index (χ1n) is 9.19. The summed E-state index contributed by atoms with van der Waals surface area (Å²) in [7, 11) is 5.55. The van der Waals surface area contributed by atoms with Gasteiger partial charge in [0.15, 0.2) is 11.5 Å². The molecule has 0 spiro atoms. The molecule has 13 heteroatoms. The van der Waals surface area contributed by atoms with Gasteiger partial charge < -0.3 is 19.1 Å². The molecule has 1 amide bonds. The van der Waals surface area contributed by atoms with E-state index in [1.165, 1.54) is 50.5 Å². The van der Waals surface area contributed by atoms with E-state index < -0.39 is 15.8 Å². The fourth-order valence-corrected chi connectivity index (χ4v) is 3.57. The second-order valence-electron chi connectivity index (χ2n) is 6.66. The van der Waals surface area contributed by atoms with E-state index in [2.05, 4.69) is 20.7 Å². The van der Waals surface area contributed by atoms with E-state index in [4.69, 9.17) is 9.47 Å². The van der Waals surface area contributed by atoms with Gasteiger partial charge in [-0.2, -0.15) is 0 Å². The fourth-order valence-electron chi connectivity index (χ4n) is 3.11. The Bertz CT molecular complexity index is 1120. The maximum absolute atomic E-state index is 11.6. The molecule has 0 atom stereocenters. The van der Waals surface area contributed by atoms with Gasteiger partial charge in [0.05, 0.1) is 36.7 Å². The number of hydrogen-bond donors (Lipinski definition) is 0. The Kier molecular flexibility index (Phi) is 8.29. The highest BCUT2D eigenvalue weighted by molar-refractivity contribution is 9.08. The predicted octanol–water partition coefficient (Wildman–Crippen LogP) is 3.47. The quantitative estimate of drug-likeness (QED) is 0.238. The summed E-state index contributed by atoms with van der Waals surface area (Å²) in [6.45, 7) is 0.402. The summed E-state index contributed by atoms with van der Waals surface area (Å²) in [5, 5.41) is 21.9. The van der Waals surface area contributed by atoms with Crippen LogP contribution in [0.3, 0.4) is 0 Å². The van der Waals surface area contributed by atoms with E-state index in [9.17, 15) is 29.8 Å². The Hall–Kier alpha value is -3.74. The average molecular weight is 526 g/mol. The van der Waals surface area contributed by atoms with Crippen molar-refractivity contribution in [2.24, 2.45) is 0 Å². The van der Waals surface area contributed by atoms with Gasteiger partial charge in [0, 0.05) is 48.8 Å². The van der Waals surface area contributed by atoms with Crippen LogP contribution in [0.2, 0.25) is 0 Å². The lowest BCUT2D eigenvalue weighted by Gasteiger charge is -2.08. The maximum Gasteiger partial charge on any atom is 0.338 e. The molecule has 0 radical (unpaired) electrons. The first-order chi connectivity index (χ1) is 15.6. The number of fused-ring (bicyclic) bond motifs is 1. The zero-order valence-corrected chi connectivity index (χ0v) is 19.7. The number of carbonyl (C=O) groups is 2. The van der Waals surface area contributed by atoms with Crippen molar-refractivity contribution in [2.45, 2.75) is 11.9 Å². The van der Waals surface area contributed by atoms with E-state index in [0.29, 0.717) is 28.6 Å². The lowest BCUT2D eigenvalue weighted by Crippen LogP contribution is -2.17. The smallest absolute Gasteiger partial charge is 0.338 e. The number of alkyl halides is 1. The summed E-state index contributed by atoms with van der Waals surface area (Å²) in [5.41, 5.74) is 1.57. The topological polar surface area (TPSA) is 151 Å². The molecule has 1 aliphatic rings. The van der Waals surface area contributed by atoms with Crippen molar-refractivity contribution in [1.82, 2.24) is 4.90 Å². The highest BCUT2D eigenvalue weighted by atomic mass is 79.9. The number of amides is 1. The largest absolute Gasteiger partial charge is 0.490 e. The van der Waals surface area contributed by atoms with Crippen LogP contribution >= 0.6 is 15.9 Å². The molecule has 2 aromatic rings. The Morgan fingerprint density at radius 3 is 2.06 bits per heavy atom. The second kappa shape index (κ2) is 10.7. The molecule has 0 aliphatic carbocycles. The minimum Gasteiger partial charge on any atom is -0.490 e. The molecule has 1 heterocycles. The number of nitrogens with zero attached hydrogens (tertiary/aromatic N) is 3. The normalized spacial score (nSPS) is 11.8. The number of nitro groups is 2. The Morgan fingerprint density at radius 1 is 1.03 bits per heavy atom. The molecule has 0 saturated carbocycles. The summed E-state index contributed by atoms with van der Waals surface area (Å²) >= 11 is 3.16. The molecule has 0 bridgehead atoms.